The Bertz CT molecular complexity index is 976. The molecule has 1 aliphatic heterocycles. The van der Waals surface area contributed by atoms with Crippen molar-refractivity contribution in [2.75, 3.05) is 25.1 Å². The second-order valence-corrected chi connectivity index (χ2v) is 8.97. The van der Waals surface area contributed by atoms with Crippen molar-refractivity contribution in [3.8, 4) is 5.75 Å². The molecule has 33 heavy (non-hydrogen) atoms. The Kier molecular flexibility index (Phi) is 7.55. The van der Waals surface area contributed by atoms with Crippen molar-refractivity contribution in [2.24, 2.45) is 5.92 Å². The maximum Gasteiger partial charge on any atom is 0.433 e. The highest BCUT2D eigenvalue weighted by atomic mass is 19.4. The summed E-state index contributed by atoms with van der Waals surface area (Å²) in [7, 11) is 1.61. The zero-order valence-electron chi connectivity index (χ0n) is 19.8. The van der Waals surface area contributed by atoms with Gasteiger partial charge in [-0.25, -0.2) is 4.98 Å². The number of hydrogen-bond donors (Lipinski definition) is 1. The molecule has 0 saturated carbocycles. The number of nitrogens with zero attached hydrogens (tertiary/aromatic N) is 2. The molecule has 1 aromatic heterocycles. The van der Waals surface area contributed by atoms with Crippen LogP contribution in [-0.4, -0.2) is 31.1 Å². The zero-order chi connectivity index (χ0) is 24.3. The summed E-state index contributed by atoms with van der Waals surface area (Å²) in [5, 5.41) is 2.89. The van der Waals surface area contributed by atoms with E-state index in [9.17, 15) is 18.0 Å². The van der Waals surface area contributed by atoms with Crippen LogP contribution in [0.5, 0.6) is 5.75 Å². The summed E-state index contributed by atoms with van der Waals surface area (Å²) in [6.07, 6.45) is -2.72. The smallest absolute Gasteiger partial charge is 0.433 e. The Hall–Kier alpha value is -2.77. The summed E-state index contributed by atoms with van der Waals surface area (Å²) in [6, 6.07) is 6.26. The normalized spacial score (nSPS) is 15.9. The van der Waals surface area contributed by atoms with Crippen LogP contribution >= 0.6 is 0 Å². The summed E-state index contributed by atoms with van der Waals surface area (Å²) in [6.45, 7) is 9.23. The maximum absolute atomic E-state index is 13.3. The minimum absolute atomic E-state index is 0.115. The van der Waals surface area contributed by atoms with Crippen molar-refractivity contribution in [1.82, 2.24) is 10.3 Å². The fourth-order valence-electron chi connectivity index (χ4n) is 4.31. The number of pyridine rings is 1. The number of rotatable bonds is 6. The first-order valence-corrected chi connectivity index (χ1v) is 11.3. The molecule has 0 radical (unpaired) electrons. The molecule has 3 rings (SSSR count). The number of amides is 1. The average molecular weight is 464 g/mol. The van der Waals surface area contributed by atoms with Crippen molar-refractivity contribution in [3.63, 3.8) is 0 Å². The minimum Gasteiger partial charge on any atom is -0.496 e. The molecule has 1 N–H and O–H groups in total. The number of carbonyl (C=O) groups is 1. The number of anilines is 1. The Balaban J connectivity index is 1.79. The summed E-state index contributed by atoms with van der Waals surface area (Å²) >= 11 is 0. The zero-order valence-corrected chi connectivity index (χ0v) is 19.8. The van der Waals surface area contributed by atoms with E-state index in [4.69, 9.17) is 4.74 Å². The molecule has 1 saturated heterocycles. The van der Waals surface area contributed by atoms with Crippen molar-refractivity contribution < 1.29 is 22.7 Å². The molecule has 1 atom stereocenters. The molecule has 1 fully saturated rings. The van der Waals surface area contributed by atoms with Crippen LogP contribution in [0.1, 0.15) is 60.6 Å². The van der Waals surface area contributed by atoms with E-state index in [1.807, 2.05) is 37.8 Å². The lowest BCUT2D eigenvalue weighted by molar-refractivity contribution is -0.141. The van der Waals surface area contributed by atoms with Gasteiger partial charge in [-0.2, -0.15) is 13.2 Å². The maximum atomic E-state index is 13.3. The number of aryl methyl sites for hydroxylation is 2. The lowest BCUT2D eigenvalue weighted by Gasteiger charge is -2.33. The quantitative estimate of drug-likeness (QED) is 0.625. The summed E-state index contributed by atoms with van der Waals surface area (Å²) in [5.41, 5.74) is 2.42. The van der Waals surface area contributed by atoms with Crippen molar-refractivity contribution in [1.29, 1.82) is 0 Å². The molecule has 1 aliphatic rings. The van der Waals surface area contributed by atoms with E-state index >= 15 is 0 Å². The Morgan fingerprint density at radius 3 is 2.36 bits per heavy atom. The predicted octanol–water partition coefficient (Wildman–Crippen LogP) is 5.38. The highest BCUT2D eigenvalue weighted by Crippen LogP contribution is 2.32. The fourth-order valence-corrected chi connectivity index (χ4v) is 4.31. The van der Waals surface area contributed by atoms with Gasteiger partial charge in [0.1, 0.15) is 17.3 Å². The molecular formula is C25H32F3N3O2. The molecule has 1 unspecified atom stereocenters. The molecule has 2 heterocycles. The molecule has 0 bridgehead atoms. The number of halogens is 3. The van der Waals surface area contributed by atoms with E-state index in [2.05, 4.69) is 17.2 Å². The number of ether oxygens (including phenoxy) is 1. The minimum atomic E-state index is -4.52. The summed E-state index contributed by atoms with van der Waals surface area (Å²) < 4.78 is 45.3. The lowest BCUT2D eigenvalue weighted by atomic mass is 9.95. The van der Waals surface area contributed by atoms with E-state index in [1.54, 1.807) is 7.11 Å². The number of piperidine rings is 1. The molecule has 180 valence electrons. The van der Waals surface area contributed by atoms with E-state index in [1.165, 1.54) is 6.07 Å². The highest BCUT2D eigenvalue weighted by molar-refractivity contribution is 5.83. The molecule has 2 aromatic rings. The predicted molar refractivity (Wildman–Crippen MR) is 123 cm³/mol. The second kappa shape index (κ2) is 10.0. The third-order valence-corrected chi connectivity index (χ3v) is 6.36. The third kappa shape index (κ3) is 5.78. The van der Waals surface area contributed by atoms with E-state index in [0.29, 0.717) is 30.4 Å². The van der Waals surface area contributed by atoms with Crippen molar-refractivity contribution in [2.45, 2.75) is 59.2 Å². The molecule has 0 spiro atoms. The number of aromatic nitrogens is 1. The van der Waals surface area contributed by atoms with Gasteiger partial charge in [-0.1, -0.05) is 25.1 Å². The second-order valence-electron chi connectivity index (χ2n) is 8.97. The molecule has 1 amide bonds. The van der Waals surface area contributed by atoms with Crippen LogP contribution in [0.4, 0.5) is 19.0 Å². The van der Waals surface area contributed by atoms with Crippen LogP contribution in [0.15, 0.2) is 24.3 Å². The standard InChI is InChI=1S/C25H32F3N3O2/c1-15-8-10-31(11-9-15)23-19(6-7-21(30-23)25(26,27)28)14-29-24(32)18(4)20-12-16(2)22(33-5)17(3)13-20/h6-7,12-13,15,18H,8-11,14H2,1-5H3,(H,29,32). The van der Waals surface area contributed by atoms with Crippen LogP contribution in [0.3, 0.4) is 0 Å². The summed E-state index contributed by atoms with van der Waals surface area (Å²) in [4.78, 5) is 18.7. The number of hydrogen-bond acceptors (Lipinski definition) is 4. The van der Waals surface area contributed by atoms with Gasteiger partial charge in [0.2, 0.25) is 5.91 Å². The van der Waals surface area contributed by atoms with E-state index in [-0.39, 0.29) is 12.5 Å². The number of alkyl halides is 3. The van der Waals surface area contributed by atoms with Gasteiger partial charge in [-0.15, -0.1) is 0 Å². The van der Waals surface area contributed by atoms with Gasteiger partial charge >= 0.3 is 6.18 Å². The van der Waals surface area contributed by atoms with Crippen LogP contribution in [0.2, 0.25) is 0 Å². The van der Waals surface area contributed by atoms with Crippen LogP contribution in [0, 0.1) is 19.8 Å². The molecule has 8 heteroatoms. The number of benzene rings is 1. The van der Waals surface area contributed by atoms with Crippen molar-refractivity contribution in [3.05, 3.63) is 52.2 Å². The number of methoxy groups -OCH3 is 1. The van der Waals surface area contributed by atoms with Gasteiger partial charge < -0.3 is 15.0 Å². The van der Waals surface area contributed by atoms with Gasteiger partial charge in [0.15, 0.2) is 0 Å². The molecular weight excluding hydrogens is 431 g/mol. The van der Waals surface area contributed by atoms with Crippen LogP contribution in [0.25, 0.3) is 0 Å². The van der Waals surface area contributed by atoms with Crippen LogP contribution < -0.4 is 15.0 Å². The first kappa shape index (κ1) is 24.9. The Morgan fingerprint density at radius 1 is 1.21 bits per heavy atom. The number of carbonyl (C=O) groups excluding carboxylic acids is 1. The highest BCUT2D eigenvalue weighted by Gasteiger charge is 2.34. The lowest BCUT2D eigenvalue weighted by Crippen LogP contribution is -2.35. The monoisotopic (exact) mass is 463 g/mol. The largest absolute Gasteiger partial charge is 0.496 e. The van der Waals surface area contributed by atoms with Gasteiger partial charge in [-0.05, 0) is 62.3 Å². The van der Waals surface area contributed by atoms with E-state index < -0.39 is 17.8 Å². The first-order chi connectivity index (χ1) is 15.5. The average Bonchev–Trinajstić information content (AvgIpc) is 2.76. The summed E-state index contributed by atoms with van der Waals surface area (Å²) in [5.74, 6) is 1.02. The molecule has 1 aromatic carbocycles. The van der Waals surface area contributed by atoms with Crippen molar-refractivity contribution >= 4 is 11.7 Å². The van der Waals surface area contributed by atoms with Gasteiger partial charge in [0.05, 0.1) is 13.0 Å². The van der Waals surface area contributed by atoms with Gasteiger partial charge in [0, 0.05) is 25.2 Å². The molecule has 5 nitrogen and oxygen atoms in total. The van der Waals surface area contributed by atoms with E-state index in [0.717, 1.165) is 41.3 Å². The first-order valence-electron chi connectivity index (χ1n) is 11.3. The van der Waals surface area contributed by atoms with Gasteiger partial charge in [-0.3, -0.25) is 4.79 Å². The number of nitrogens with one attached hydrogen (secondary N) is 1. The van der Waals surface area contributed by atoms with Gasteiger partial charge in [0.25, 0.3) is 0 Å². The molecule has 0 aliphatic carbocycles. The third-order valence-electron chi connectivity index (χ3n) is 6.36. The topological polar surface area (TPSA) is 54.5 Å². The Labute approximate surface area is 193 Å². The van der Waals surface area contributed by atoms with Crippen LogP contribution in [-0.2, 0) is 17.5 Å². The fraction of sp³-hybridized carbons (Fsp3) is 0.520. The SMILES string of the molecule is COc1c(C)cc(C(C)C(=O)NCc2ccc(C(F)(F)F)nc2N2CCC(C)CC2)cc1C. The Morgan fingerprint density at radius 2 is 1.82 bits per heavy atom.